The molecule has 7 nitrogen and oxygen atoms in total. The van der Waals surface area contributed by atoms with E-state index in [1.807, 2.05) is 25.1 Å². The van der Waals surface area contributed by atoms with Gasteiger partial charge in [0, 0.05) is 25.7 Å². The van der Waals surface area contributed by atoms with Crippen molar-refractivity contribution in [2.45, 2.75) is 26.8 Å². The van der Waals surface area contributed by atoms with Gasteiger partial charge in [0.05, 0.1) is 6.54 Å². The van der Waals surface area contributed by atoms with E-state index in [1.165, 1.54) is 11.1 Å². The van der Waals surface area contributed by atoms with Crippen molar-refractivity contribution < 1.29 is 4.52 Å². The second-order valence-corrected chi connectivity index (χ2v) is 6.09. The molecular weight excluding hydrogens is 340 g/mol. The number of rotatable bonds is 7. The Bertz CT molecular complexity index is 858. The number of guanidine groups is 1. The molecule has 27 heavy (non-hydrogen) atoms. The highest BCUT2D eigenvalue weighted by molar-refractivity contribution is 5.79. The number of aliphatic imine (C=N–C) groups is 1. The molecule has 1 aromatic carbocycles. The molecule has 0 aliphatic rings. The van der Waals surface area contributed by atoms with E-state index < -0.39 is 0 Å². The fraction of sp³-hybridized carbons (Fsp3) is 0.300. The maximum atomic E-state index is 5.27. The maximum absolute atomic E-state index is 5.27. The van der Waals surface area contributed by atoms with Crippen LogP contribution in [-0.2, 0) is 13.0 Å². The summed E-state index contributed by atoms with van der Waals surface area (Å²) in [4.78, 5) is 13.2. The van der Waals surface area contributed by atoms with Gasteiger partial charge < -0.3 is 15.2 Å². The molecule has 3 rings (SSSR count). The summed E-state index contributed by atoms with van der Waals surface area (Å²) < 4.78 is 5.27. The standard InChI is InChI=1S/C20H24N6O/c1-3-21-20(24-14-16-9-7-15(2)8-10-16)23-13-11-18-25-19(27-26-18)17-6-4-5-12-22-17/h4-10,12H,3,11,13-14H2,1-2H3,(H2,21,23,24). The van der Waals surface area contributed by atoms with Crippen molar-refractivity contribution >= 4 is 5.96 Å². The highest BCUT2D eigenvalue weighted by atomic mass is 16.5. The predicted molar refractivity (Wildman–Crippen MR) is 105 cm³/mol. The zero-order chi connectivity index (χ0) is 18.9. The topological polar surface area (TPSA) is 88.2 Å². The van der Waals surface area contributed by atoms with Crippen LogP contribution in [0, 0.1) is 6.92 Å². The van der Waals surface area contributed by atoms with Crippen LogP contribution in [0.15, 0.2) is 58.2 Å². The van der Waals surface area contributed by atoms with E-state index in [9.17, 15) is 0 Å². The van der Waals surface area contributed by atoms with Gasteiger partial charge in [-0.15, -0.1) is 0 Å². The third-order valence-electron chi connectivity index (χ3n) is 3.88. The van der Waals surface area contributed by atoms with Crippen molar-refractivity contribution in [3.63, 3.8) is 0 Å². The third-order valence-corrected chi connectivity index (χ3v) is 3.88. The van der Waals surface area contributed by atoms with E-state index in [-0.39, 0.29) is 0 Å². The van der Waals surface area contributed by atoms with E-state index in [2.05, 4.69) is 61.9 Å². The molecule has 0 spiro atoms. The summed E-state index contributed by atoms with van der Waals surface area (Å²) in [5, 5.41) is 10.6. The molecule has 0 aliphatic heterocycles. The summed E-state index contributed by atoms with van der Waals surface area (Å²) in [5.74, 6) is 1.84. The molecule has 140 valence electrons. The number of aryl methyl sites for hydroxylation is 1. The van der Waals surface area contributed by atoms with Crippen LogP contribution in [0.4, 0.5) is 0 Å². The Kier molecular flexibility index (Phi) is 6.51. The quantitative estimate of drug-likeness (QED) is 0.495. The predicted octanol–water partition coefficient (Wildman–Crippen LogP) is 2.74. The number of nitrogens with zero attached hydrogens (tertiary/aromatic N) is 4. The van der Waals surface area contributed by atoms with Crippen LogP contribution >= 0.6 is 0 Å². The average molecular weight is 364 g/mol. The van der Waals surface area contributed by atoms with Gasteiger partial charge in [-0.3, -0.25) is 4.98 Å². The number of pyridine rings is 1. The minimum atomic E-state index is 0.436. The van der Waals surface area contributed by atoms with Gasteiger partial charge in [0.25, 0.3) is 5.89 Å². The molecule has 7 heteroatoms. The molecule has 0 unspecified atom stereocenters. The van der Waals surface area contributed by atoms with Crippen LogP contribution in [-0.4, -0.2) is 34.2 Å². The van der Waals surface area contributed by atoms with Gasteiger partial charge >= 0.3 is 0 Å². The molecule has 0 aliphatic carbocycles. The van der Waals surface area contributed by atoms with Gasteiger partial charge in [0.2, 0.25) is 0 Å². The van der Waals surface area contributed by atoms with Gasteiger partial charge in [-0.2, -0.15) is 4.98 Å². The third kappa shape index (κ3) is 5.64. The summed E-state index contributed by atoms with van der Waals surface area (Å²) in [6, 6.07) is 14.0. The Morgan fingerprint density at radius 3 is 2.70 bits per heavy atom. The van der Waals surface area contributed by atoms with E-state index >= 15 is 0 Å². The molecule has 0 atom stereocenters. The Morgan fingerprint density at radius 1 is 1.11 bits per heavy atom. The lowest BCUT2D eigenvalue weighted by Gasteiger charge is -2.10. The van der Waals surface area contributed by atoms with Crippen molar-refractivity contribution in [2.24, 2.45) is 4.99 Å². The van der Waals surface area contributed by atoms with Crippen LogP contribution in [0.5, 0.6) is 0 Å². The molecule has 2 aromatic heterocycles. The summed E-state index contributed by atoms with van der Waals surface area (Å²) in [5.41, 5.74) is 3.10. The summed E-state index contributed by atoms with van der Waals surface area (Å²) >= 11 is 0. The molecule has 0 saturated heterocycles. The summed E-state index contributed by atoms with van der Waals surface area (Å²) in [6.45, 7) is 6.20. The summed E-state index contributed by atoms with van der Waals surface area (Å²) in [7, 11) is 0. The fourth-order valence-corrected chi connectivity index (χ4v) is 2.45. The van der Waals surface area contributed by atoms with Crippen molar-refractivity contribution in [3.8, 4) is 11.6 Å². The van der Waals surface area contributed by atoms with Crippen LogP contribution in [0.3, 0.4) is 0 Å². The second-order valence-electron chi connectivity index (χ2n) is 6.09. The number of hydrogen-bond donors (Lipinski definition) is 2. The second kappa shape index (κ2) is 9.47. The first kappa shape index (κ1) is 18.6. The van der Waals surface area contributed by atoms with E-state index in [1.54, 1.807) is 6.20 Å². The lowest BCUT2D eigenvalue weighted by atomic mass is 10.1. The van der Waals surface area contributed by atoms with Gasteiger partial charge in [-0.25, -0.2) is 4.99 Å². The molecule has 0 bridgehead atoms. The van der Waals surface area contributed by atoms with Crippen molar-refractivity contribution in [3.05, 3.63) is 65.6 Å². The van der Waals surface area contributed by atoms with Crippen molar-refractivity contribution in [1.82, 2.24) is 25.8 Å². The molecule has 0 amide bonds. The number of aromatic nitrogens is 3. The molecule has 2 heterocycles. The Balaban J connectivity index is 1.53. The highest BCUT2D eigenvalue weighted by Gasteiger charge is 2.09. The van der Waals surface area contributed by atoms with Gasteiger partial charge in [0.1, 0.15) is 5.69 Å². The first-order valence-corrected chi connectivity index (χ1v) is 9.06. The highest BCUT2D eigenvalue weighted by Crippen LogP contribution is 2.13. The maximum Gasteiger partial charge on any atom is 0.276 e. The lowest BCUT2D eigenvalue weighted by Crippen LogP contribution is -2.38. The fourth-order valence-electron chi connectivity index (χ4n) is 2.45. The zero-order valence-electron chi connectivity index (χ0n) is 15.6. The Labute approximate surface area is 158 Å². The minimum absolute atomic E-state index is 0.436. The zero-order valence-corrected chi connectivity index (χ0v) is 15.6. The van der Waals surface area contributed by atoms with Crippen molar-refractivity contribution in [2.75, 3.05) is 13.1 Å². The lowest BCUT2D eigenvalue weighted by molar-refractivity contribution is 0.421. The normalized spacial score (nSPS) is 11.4. The van der Waals surface area contributed by atoms with Crippen LogP contribution < -0.4 is 10.6 Å². The van der Waals surface area contributed by atoms with Crippen LogP contribution in [0.2, 0.25) is 0 Å². The summed E-state index contributed by atoms with van der Waals surface area (Å²) in [6.07, 6.45) is 2.33. The van der Waals surface area contributed by atoms with E-state index in [0.717, 1.165) is 12.5 Å². The number of benzene rings is 1. The Hall–Kier alpha value is -3.22. The number of nitrogens with one attached hydrogen (secondary N) is 2. The van der Waals surface area contributed by atoms with Gasteiger partial charge in [-0.1, -0.05) is 41.1 Å². The first-order valence-electron chi connectivity index (χ1n) is 9.06. The molecule has 0 fully saturated rings. The molecule has 0 radical (unpaired) electrons. The van der Waals surface area contributed by atoms with Gasteiger partial charge in [0.15, 0.2) is 11.8 Å². The van der Waals surface area contributed by atoms with Crippen LogP contribution in [0.1, 0.15) is 23.9 Å². The minimum Gasteiger partial charge on any atom is -0.357 e. The van der Waals surface area contributed by atoms with E-state index in [4.69, 9.17) is 4.52 Å². The number of hydrogen-bond acceptors (Lipinski definition) is 5. The van der Waals surface area contributed by atoms with Crippen LogP contribution in [0.25, 0.3) is 11.6 Å². The molecule has 3 aromatic rings. The SMILES string of the molecule is CCNC(=NCc1ccc(C)cc1)NCCc1noc(-c2ccccn2)n1. The Morgan fingerprint density at radius 2 is 1.96 bits per heavy atom. The van der Waals surface area contributed by atoms with Gasteiger partial charge in [-0.05, 0) is 31.5 Å². The first-order chi connectivity index (χ1) is 13.2. The molecule has 0 saturated carbocycles. The molecular formula is C20H24N6O. The van der Waals surface area contributed by atoms with E-state index in [0.29, 0.717) is 36.9 Å². The van der Waals surface area contributed by atoms with Crippen molar-refractivity contribution in [1.29, 1.82) is 0 Å². The smallest absolute Gasteiger partial charge is 0.276 e. The largest absolute Gasteiger partial charge is 0.357 e. The molecule has 2 N–H and O–H groups in total. The monoisotopic (exact) mass is 364 g/mol. The average Bonchev–Trinajstić information content (AvgIpc) is 3.17.